The number of fused-ring (bicyclic) bond motifs is 1. The molecular weight excluding hydrogens is 414 g/mol. The van der Waals surface area contributed by atoms with Crippen molar-refractivity contribution in [1.29, 1.82) is 0 Å². The first-order chi connectivity index (χ1) is 14.6. The lowest BCUT2D eigenvalue weighted by atomic mass is 9.98. The molecule has 0 spiro atoms. The summed E-state index contributed by atoms with van der Waals surface area (Å²) in [6, 6.07) is 8.72. The quantitative estimate of drug-likeness (QED) is 0.604. The van der Waals surface area contributed by atoms with Crippen molar-refractivity contribution >= 4 is 28.2 Å². The maximum Gasteiger partial charge on any atom is 0.408 e. The molecule has 0 bridgehead atoms. The fraction of sp³-hybridized carbons (Fsp3) is 0.391. The van der Waals surface area contributed by atoms with Crippen LogP contribution in [0.3, 0.4) is 0 Å². The van der Waals surface area contributed by atoms with Crippen LogP contribution < -0.4 is 10.9 Å². The van der Waals surface area contributed by atoms with Gasteiger partial charge in [-0.3, -0.25) is 14.0 Å². The zero-order valence-corrected chi connectivity index (χ0v) is 19.0. The summed E-state index contributed by atoms with van der Waals surface area (Å²) in [4.78, 5) is 42.5. The number of Topliss-reactive ketones (excluding diaryl/α,β-unsaturated/α-hetero) is 1. The van der Waals surface area contributed by atoms with Gasteiger partial charge >= 0.3 is 6.09 Å². The number of hydrogen-bond acceptors (Lipinski definition) is 6. The number of thiazole rings is 1. The van der Waals surface area contributed by atoms with Crippen molar-refractivity contribution in [1.82, 2.24) is 14.7 Å². The minimum absolute atomic E-state index is 0.112. The topological polar surface area (TPSA) is 89.8 Å². The zero-order valence-electron chi connectivity index (χ0n) is 18.2. The Morgan fingerprint density at radius 2 is 1.94 bits per heavy atom. The van der Waals surface area contributed by atoms with Crippen LogP contribution in [0.25, 0.3) is 4.96 Å². The maximum absolute atomic E-state index is 13.1. The van der Waals surface area contributed by atoms with E-state index in [1.807, 2.05) is 53.2 Å². The van der Waals surface area contributed by atoms with Gasteiger partial charge in [-0.2, -0.15) is 4.98 Å². The summed E-state index contributed by atoms with van der Waals surface area (Å²) in [7, 11) is 0. The summed E-state index contributed by atoms with van der Waals surface area (Å²) >= 11 is 1.39. The maximum atomic E-state index is 13.1. The van der Waals surface area contributed by atoms with E-state index in [1.165, 1.54) is 11.3 Å². The van der Waals surface area contributed by atoms with Gasteiger partial charge < -0.3 is 10.1 Å². The molecule has 164 valence electrons. The molecule has 0 aliphatic carbocycles. The molecule has 3 rings (SSSR count). The van der Waals surface area contributed by atoms with Gasteiger partial charge in [0.05, 0.1) is 6.04 Å². The van der Waals surface area contributed by atoms with Gasteiger partial charge in [0.25, 0.3) is 5.56 Å². The summed E-state index contributed by atoms with van der Waals surface area (Å²) in [5.74, 6) is -0.163. The van der Waals surface area contributed by atoms with Crippen LogP contribution in [0, 0.1) is 6.92 Å². The molecular formula is C23H27N3O4S. The van der Waals surface area contributed by atoms with Crippen LogP contribution >= 0.6 is 11.3 Å². The van der Waals surface area contributed by atoms with Crippen molar-refractivity contribution in [2.24, 2.45) is 0 Å². The molecule has 0 aliphatic heterocycles. The number of nitrogens with one attached hydrogen (secondary N) is 1. The van der Waals surface area contributed by atoms with Crippen LogP contribution in [0.15, 0.2) is 46.7 Å². The number of aryl methyl sites for hydroxylation is 1. The average molecular weight is 442 g/mol. The molecule has 1 aromatic carbocycles. The molecule has 31 heavy (non-hydrogen) atoms. The average Bonchev–Trinajstić information content (AvgIpc) is 3.15. The van der Waals surface area contributed by atoms with Gasteiger partial charge in [0, 0.05) is 29.3 Å². The minimum atomic E-state index is -0.752. The monoisotopic (exact) mass is 441 g/mol. The standard InChI is InChI=1S/C23H27N3O4S/c1-15-17(20(28)25-21-26(15)12-13-31-21)10-11-19(27)18(14-16-8-6-5-7-9-16)24-22(29)30-23(2,3)4/h5-9,12-13,18H,10-11,14H2,1-4H3,(H,24,29)/t18-/m0/s1. The van der Waals surface area contributed by atoms with E-state index in [-0.39, 0.29) is 24.2 Å². The van der Waals surface area contributed by atoms with Crippen molar-refractivity contribution in [2.45, 2.75) is 58.6 Å². The third-order valence-corrected chi connectivity index (χ3v) is 5.58. The lowest BCUT2D eigenvalue weighted by Gasteiger charge is -2.23. The zero-order chi connectivity index (χ0) is 22.6. The van der Waals surface area contributed by atoms with E-state index >= 15 is 0 Å². The third kappa shape index (κ3) is 6.01. The number of carbonyl (C=O) groups is 2. The lowest BCUT2D eigenvalue weighted by Crippen LogP contribution is -2.45. The number of alkyl carbamates (subject to hydrolysis) is 1. The van der Waals surface area contributed by atoms with Crippen molar-refractivity contribution in [3.63, 3.8) is 0 Å². The second-order valence-electron chi connectivity index (χ2n) is 8.39. The molecule has 1 N–H and O–H groups in total. The number of hydrogen-bond donors (Lipinski definition) is 1. The van der Waals surface area contributed by atoms with Gasteiger partial charge in [-0.25, -0.2) is 4.79 Å². The summed E-state index contributed by atoms with van der Waals surface area (Å²) in [6.45, 7) is 7.15. The predicted molar refractivity (Wildman–Crippen MR) is 121 cm³/mol. The molecule has 1 amide bonds. The van der Waals surface area contributed by atoms with Gasteiger partial charge in [-0.1, -0.05) is 30.3 Å². The van der Waals surface area contributed by atoms with Crippen LogP contribution in [0.5, 0.6) is 0 Å². The van der Waals surface area contributed by atoms with Gasteiger partial charge in [0.15, 0.2) is 10.7 Å². The number of rotatable bonds is 7. The van der Waals surface area contributed by atoms with E-state index in [9.17, 15) is 14.4 Å². The molecule has 3 aromatic rings. The summed E-state index contributed by atoms with van der Waals surface area (Å²) in [5.41, 5.74) is 1.24. The normalized spacial score (nSPS) is 12.5. The Hall–Kier alpha value is -3.00. The van der Waals surface area contributed by atoms with Gasteiger partial charge in [0.1, 0.15) is 5.60 Å². The highest BCUT2D eigenvalue weighted by Crippen LogP contribution is 2.15. The first-order valence-electron chi connectivity index (χ1n) is 10.2. The lowest BCUT2D eigenvalue weighted by molar-refractivity contribution is -0.121. The Morgan fingerprint density at radius 3 is 2.61 bits per heavy atom. The van der Waals surface area contributed by atoms with E-state index in [0.717, 1.165) is 11.3 Å². The predicted octanol–water partition coefficient (Wildman–Crippen LogP) is 3.70. The third-order valence-electron chi connectivity index (χ3n) is 4.83. The molecule has 1 atom stereocenters. The van der Waals surface area contributed by atoms with Crippen LogP contribution in [-0.4, -0.2) is 32.9 Å². The van der Waals surface area contributed by atoms with Crippen LogP contribution in [-0.2, 0) is 22.4 Å². The molecule has 0 saturated heterocycles. The fourth-order valence-corrected chi connectivity index (χ4v) is 4.07. The summed E-state index contributed by atoms with van der Waals surface area (Å²) in [5, 5.41) is 4.57. The van der Waals surface area contributed by atoms with Crippen LogP contribution in [0.2, 0.25) is 0 Å². The SMILES string of the molecule is Cc1c(CCC(=O)[C@H](Cc2ccccc2)NC(=O)OC(C)(C)C)c(=O)nc2sccn12. The van der Waals surface area contributed by atoms with Crippen LogP contribution in [0.4, 0.5) is 4.79 Å². The van der Waals surface area contributed by atoms with Crippen molar-refractivity contribution < 1.29 is 14.3 Å². The second-order valence-corrected chi connectivity index (χ2v) is 9.26. The molecule has 0 fully saturated rings. The van der Waals surface area contributed by atoms with E-state index in [1.54, 1.807) is 20.8 Å². The van der Waals surface area contributed by atoms with Gasteiger partial charge in [0.2, 0.25) is 0 Å². The van der Waals surface area contributed by atoms with Crippen LogP contribution in [0.1, 0.15) is 44.0 Å². The molecule has 0 aliphatic rings. The number of nitrogens with zero attached hydrogens (tertiary/aromatic N) is 2. The van der Waals surface area contributed by atoms with E-state index in [0.29, 0.717) is 16.9 Å². The summed E-state index contributed by atoms with van der Waals surface area (Å²) < 4.78 is 7.19. The molecule has 8 heteroatoms. The number of benzene rings is 1. The molecule has 0 radical (unpaired) electrons. The smallest absolute Gasteiger partial charge is 0.408 e. The number of ether oxygens (including phenoxy) is 1. The highest BCUT2D eigenvalue weighted by atomic mass is 32.1. The highest BCUT2D eigenvalue weighted by molar-refractivity contribution is 7.15. The number of aromatic nitrogens is 2. The molecule has 0 unspecified atom stereocenters. The van der Waals surface area contributed by atoms with Crippen molar-refractivity contribution in [3.8, 4) is 0 Å². The molecule has 0 saturated carbocycles. The Balaban J connectivity index is 1.76. The van der Waals surface area contributed by atoms with E-state index in [2.05, 4.69) is 10.3 Å². The Kier molecular flexibility index (Phi) is 6.90. The van der Waals surface area contributed by atoms with Crippen molar-refractivity contribution in [3.05, 3.63) is 69.1 Å². The van der Waals surface area contributed by atoms with Gasteiger partial charge in [-0.05, 0) is 46.1 Å². The molecule has 7 nitrogen and oxygen atoms in total. The second kappa shape index (κ2) is 9.43. The molecule has 2 heterocycles. The summed E-state index contributed by atoms with van der Waals surface area (Å²) in [6.07, 6.45) is 1.94. The number of ketones is 1. The van der Waals surface area contributed by atoms with Crippen molar-refractivity contribution in [2.75, 3.05) is 0 Å². The Morgan fingerprint density at radius 1 is 1.23 bits per heavy atom. The number of carbonyl (C=O) groups excluding carboxylic acids is 2. The van der Waals surface area contributed by atoms with E-state index in [4.69, 9.17) is 4.74 Å². The number of amides is 1. The minimum Gasteiger partial charge on any atom is -0.444 e. The first kappa shape index (κ1) is 22.7. The first-order valence-corrected chi connectivity index (χ1v) is 11.0. The molecule has 2 aromatic heterocycles. The van der Waals surface area contributed by atoms with Gasteiger partial charge in [-0.15, -0.1) is 11.3 Å². The Labute approximate surface area is 185 Å². The largest absolute Gasteiger partial charge is 0.444 e. The fourth-order valence-electron chi connectivity index (χ4n) is 3.32. The van der Waals surface area contributed by atoms with E-state index < -0.39 is 17.7 Å². The highest BCUT2D eigenvalue weighted by Gasteiger charge is 2.25. The Bertz CT molecular complexity index is 1130.